The number of nitrogens with one attached hydrogen (secondary N) is 1. The first-order valence-corrected chi connectivity index (χ1v) is 5.20. The maximum atomic E-state index is 11.0. The third-order valence-corrected chi connectivity index (χ3v) is 1.64. The molecule has 0 rings (SSSR count). The van der Waals surface area contributed by atoms with Crippen molar-refractivity contribution in [3.8, 4) is 0 Å². The molecule has 0 radical (unpaired) electrons. The van der Waals surface area contributed by atoms with Crippen LogP contribution in [0.3, 0.4) is 0 Å². The normalized spacial score (nSPS) is 10.0. The molecule has 1 N–H and O–H groups in total. The second-order valence-corrected chi connectivity index (χ2v) is 3.03. The summed E-state index contributed by atoms with van der Waals surface area (Å²) in [7, 11) is 3.03. The molecule has 7 nitrogen and oxygen atoms in total. The van der Waals surface area contributed by atoms with Crippen molar-refractivity contribution in [3.05, 3.63) is 0 Å². The maximum Gasteiger partial charge on any atom is 0.320 e. The molecule has 0 aromatic rings. The zero-order valence-corrected chi connectivity index (χ0v) is 10.2. The average Bonchev–Trinajstić information content (AvgIpc) is 2.30. The molecule has 0 aliphatic heterocycles. The van der Waals surface area contributed by atoms with Crippen LogP contribution in [-0.4, -0.2) is 65.7 Å². The number of methoxy groups -OCH3 is 2. The van der Waals surface area contributed by atoms with E-state index in [-0.39, 0.29) is 26.3 Å². The maximum absolute atomic E-state index is 11.0. The van der Waals surface area contributed by atoms with E-state index in [1.54, 1.807) is 0 Å². The third-order valence-electron chi connectivity index (χ3n) is 1.64. The van der Waals surface area contributed by atoms with E-state index in [9.17, 15) is 9.59 Å². The summed E-state index contributed by atoms with van der Waals surface area (Å²) >= 11 is 0. The average molecular weight is 249 g/mol. The highest BCUT2D eigenvalue weighted by molar-refractivity contribution is 5.74. The Morgan fingerprint density at radius 2 is 1.24 bits per heavy atom. The molecule has 100 valence electrons. The highest BCUT2D eigenvalue weighted by atomic mass is 16.6. The molecule has 17 heavy (non-hydrogen) atoms. The first kappa shape index (κ1) is 15.8. The van der Waals surface area contributed by atoms with Crippen molar-refractivity contribution in [1.29, 1.82) is 0 Å². The van der Waals surface area contributed by atoms with Crippen molar-refractivity contribution in [2.45, 2.75) is 0 Å². The monoisotopic (exact) mass is 249 g/mol. The largest absolute Gasteiger partial charge is 0.462 e. The predicted molar refractivity (Wildman–Crippen MR) is 58.5 cm³/mol. The minimum atomic E-state index is -0.438. The van der Waals surface area contributed by atoms with Gasteiger partial charge in [0.2, 0.25) is 0 Å². The molecular formula is C10H19NO6. The Labute approximate surface area is 100 Å². The van der Waals surface area contributed by atoms with E-state index in [0.717, 1.165) is 0 Å². The lowest BCUT2D eigenvalue weighted by Gasteiger charge is -2.06. The van der Waals surface area contributed by atoms with Crippen LogP contribution >= 0.6 is 0 Å². The highest BCUT2D eigenvalue weighted by Gasteiger charge is 2.05. The van der Waals surface area contributed by atoms with Crippen LogP contribution in [-0.2, 0) is 28.5 Å². The fourth-order valence-corrected chi connectivity index (χ4v) is 0.846. The lowest BCUT2D eigenvalue weighted by molar-refractivity contribution is -0.145. The predicted octanol–water partition coefficient (Wildman–Crippen LogP) is -1.04. The standard InChI is InChI=1S/C10H19NO6/c1-14-3-5-16-9(12)7-11-8-10(13)17-6-4-15-2/h11H,3-8H2,1-2H3. The minimum Gasteiger partial charge on any atom is -0.462 e. The van der Waals surface area contributed by atoms with Gasteiger partial charge in [-0.25, -0.2) is 0 Å². The summed E-state index contributed by atoms with van der Waals surface area (Å²) in [5.41, 5.74) is 0. The van der Waals surface area contributed by atoms with E-state index in [1.165, 1.54) is 14.2 Å². The summed E-state index contributed by atoms with van der Waals surface area (Å²) in [4.78, 5) is 22.1. The molecular weight excluding hydrogens is 230 g/mol. The topological polar surface area (TPSA) is 83.1 Å². The molecule has 0 unspecified atom stereocenters. The zero-order valence-electron chi connectivity index (χ0n) is 10.2. The SMILES string of the molecule is COCCOC(=O)CNCC(=O)OCCOC. The summed E-state index contributed by atoms with van der Waals surface area (Å²) in [6.07, 6.45) is 0. The number of esters is 2. The van der Waals surface area contributed by atoms with Crippen LogP contribution < -0.4 is 5.32 Å². The van der Waals surface area contributed by atoms with Crippen LogP contribution in [0.2, 0.25) is 0 Å². The smallest absolute Gasteiger partial charge is 0.320 e. The molecule has 0 aromatic carbocycles. The summed E-state index contributed by atoms with van der Waals surface area (Å²) in [6.45, 7) is 1.03. The van der Waals surface area contributed by atoms with Gasteiger partial charge in [0.05, 0.1) is 26.3 Å². The quantitative estimate of drug-likeness (QED) is 0.391. The van der Waals surface area contributed by atoms with Gasteiger partial charge in [0, 0.05) is 14.2 Å². The molecule has 7 heteroatoms. The van der Waals surface area contributed by atoms with Crippen LogP contribution in [0.25, 0.3) is 0 Å². The molecule has 0 aliphatic carbocycles. The van der Waals surface area contributed by atoms with Gasteiger partial charge in [-0.1, -0.05) is 0 Å². The van der Waals surface area contributed by atoms with Crippen LogP contribution in [0.4, 0.5) is 0 Å². The first-order valence-electron chi connectivity index (χ1n) is 5.20. The summed E-state index contributed by atoms with van der Waals surface area (Å²) in [6, 6.07) is 0. The summed E-state index contributed by atoms with van der Waals surface area (Å²) < 4.78 is 18.9. The van der Waals surface area contributed by atoms with Crippen molar-refractivity contribution in [2.75, 3.05) is 53.7 Å². The van der Waals surface area contributed by atoms with Gasteiger partial charge in [0.15, 0.2) is 0 Å². The number of hydrogen-bond donors (Lipinski definition) is 1. The Morgan fingerprint density at radius 1 is 0.824 bits per heavy atom. The molecule has 0 atom stereocenters. The van der Waals surface area contributed by atoms with Crippen molar-refractivity contribution in [3.63, 3.8) is 0 Å². The Morgan fingerprint density at radius 3 is 1.59 bits per heavy atom. The number of rotatable bonds is 10. The summed E-state index contributed by atoms with van der Waals surface area (Å²) in [5.74, 6) is -0.876. The van der Waals surface area contributed by atoms with Crippen molar-refractivity contribution >= 4 is 11.9 Å². The van der Waals surface area contributed by atoms with E-state index in [2.05, 4.69) is 5.32 Å². The van der Waals surface area contributed by atoms with Gasteiger partial charge < -0.3 is 18.9 Å². The van der Waals surface area contributed by atoms with Gasteiger partial charge in [-0.3, -0.25) is 14.9 Å². The Kier molecular flexibility index (Phi) is 10.5. The van der Waals surface area contributed by atoms with Gasteiger partial charge in [-0.15, -0.1) is 0 Å². The molecule has 0 amide bonds. The van der Waals surface area contributed by atoms with Gasteiger partial charge >= 0.3 is 11.9 Å². The van der Waals surface area contributed by atoms with Crippen LogP contribution in [0.15, 0.2) is 0 Å². The van der Waals surface area contributed by atoms with E-state index < -0.39 is 11.9 Å². The van der Waals surface area contributed by atoms with Crippen LogP contribution in [0, 0.1) is 0 Å². The lowest BCUT2D eigenvalue weighted by atomic mass is 10.5. The molecule has 0 aliphatic rings. The van der Waals surface area contributed by atoms with E-state index in [0.29, 0.717) is 13.2 Å². The number of carbonyl (C=O) groups excluding carboxylic acids is 2. The second kappa shape index (κ2) is 11.3. The minimum absolute atomic E-state index is 0.0386. The van der Waals surface area contributed by atoms with Crippen LogP contribution in [0.5, 0.6) is 0 Å². The summed E-state index contributed by atoms with van der Waals surface area (Å²) in [5, 5.41) is 2.61. The molecule has 0 heterocycles. The molecule has 0 bridgehead atoms. The number of carbonyl (C=O) groups is 2. The first-order chi connectivity index (χ1) is 8.20. The lowest BCUT2D eigenvalue weighted by Crippen LogP contribution is -2.31. The Bertz CT molecular complexity index is 199. The molecule has 0 fully saturated rings. The van der Waals surface area contributed by atoms with Crippen molar-refractivity contribution in [2.24, 2.45) is 0 Å². The van der Waals surface area contributed by atoms with Crippen LogP contribution in [0.1, 0.15) is 0 Å². The van der Waals surface area contributed by atoms with Gasteiger partial charge in [0.1, 0.15) is 13.2 Å². The number of ether oxygens (including phenoxy) is 4. The van der Waals surface area contributed by atoms with Gasteiger partial charge in [0.25, 0.3) is 0 Å². The van der Waals surface area contributed by atoms with E-state index in [4.69, 9.17) is 18.9 Å². The zero-order chi connectivity index (χ0) is 12.9. The third kappa shape index (κ3) is 11.1. The fourth-order valence-electron chi connectivity index (χ4n) is 0.846. The van der Waals surface area contributed by atoms with E-state index in [1.807, 2.05) is 0 Å². The molecule has 0 saturated carbocycles. The Balaban J connectivity index is 3.36. The number of hydrogen-bond acceptors (Lipinski definition) is 7. The molecule has 0 saturated heterocycles. The molecule has 0 aromatic heterocycles. The highest BCUT2D eigenvalue weighted by Crippen LogP contribution is 1.80. The fraction of sp³-hybridized carbons (Fsp3) is 0.800. The van der Waals surface area contributed by atoms with Crippen molar-refractivity contribution < 1.29 is 28.5 Å². The Hall–Kier alpha value is -1.18. The molecule has 0 spiro atoms. The van der Waals surface area contributed by atoms with Gasteiger partial charge in [-0.2, -0.15) is 0 Å². The van der Waals surface area contributed by atoms with E-state index >= 15 is 0 Å². The van der Waals surface area contributed by atoms with Crippen molar-refractivity contribution in [1.82, 2.24) is 5.32 Å². The van der Waals surface area contributed by atoms with Gasteiger partial charge in [-0.05, 0) is 0 Å². The second-order valence-electron chi connectivity index (χ2n) is 3.03.